The van der Waals surface area contributed by atoms with Crippen LogP contribution in [0.15, 0.2) is 0 Å². The minimum absolute atomic E-state index is 0.0796. The number of hydrogen-bond acceptors (Lipinski definition) is 6. The molecule has 2 heterocycles. The second kappa shape index (κ2) is 8.92. The Labute approximate surface area is 120 Å². The molecule has 0 aromatic carbocycles. The first-order chi connectivity index (χ1) is 9.74. The highest BCUT2D eigenvalue weighted by atomic mass is 16.6. The van der Waals surface area contributed by atoms with Crippen LogP contribution in [0.4, 0.5) is 0 Å². The Bertz CT molecular complexity index is 228. The monoisotopic (exact) mass is 290 g/mol. The van der Waals surface area contributed by atoms with Gasteiger partial charge < -0.3 is 28.4 Å². The SMILES string of the molecule is CC(COCC1CO1)OCCOC(C)COCC1CO1. The Morgan fingerprint density at radius 2 is 1.25 bits per heavy atom. The molecule has 0 spiro atoms. The molecule has 0 bridgehead atoms. The molecule has 118 valence electrons. The number of ether oxygens (including phenoxy) is 6. The average Bonchev–Trinajstić information content (AvgIpc) is 3.28. The molecule has 4 atom stereocenters. The van der Waals surface area contributed by atoms with Gasteiger partial charge in [0.2, 0.25) is 0 Å². The summed E-state index contributed by atoms with van der Waals surface area (Å²) in [5.41, 5.74) is 0. The van der Waals surface area contributed by atoms with E-state index in [0.29, 0.717) is 51.8 Å². The first kappa shape index (κ1) is 16.1. The van der Waals surface area contributed by atoms with Crippen molar-refractivity contribution in [3.05, 3.63) is 0 Å². The van der Waals surface area contributed by atoms with Crippen LogP contribution >= 0.6 is 0 Å². The second-order valence-corrected chi connectivity index (χ2v) is 5.35. The summed E-state index contributed by atoms with van der Waals surface area (Å²) in [6.07, 6.45) is 0.784. The first-order valence-corrected chi connectivity index (χ1v) is 7.36. The minimum atomic E-state index is 0.0796. The van der Waals surface area contributed by atoms with Crippen LogP contribution in [-0.2, 0) is 28.4 Å². The fraction of sp³-hybridized carbons (Fsp3) is 1.00. The van der Waals surface area contributed by atoms with E-state index < -0.39 is 0 Å². The largest absolute Gasteiger partial charge is 0.376 e. The van der Waals surface area contributed by atoms with Crippen LogP contribution in [0.5, 0.6) is 0 Å². The van der Waals surface area contributed by atoms with E-state index >= 15 is 0 Å². The number of rotatable bonds is 13. The van der Waals surface area contributed by atoms with Gasteiger partial charge in [-0.2, -0.15) is 0 Å². The van der Waals surface area contributed by atoms with Gasteiger partial charge in [0, 0.05) is 0 Å². The quantitative estimate of drug-likeness (QED) is 0.366. The summed E-state index contributed by atoms with van der Waals surface area (Å²) >= 11 is 0. The van der Waals surface area contributed by atoms with E-state index in [1.165, 1.54) is 0 Å². The smallest absolute Gasteiger partial charge is 0.104 e. The third-order valence-corrected chi connectivity index (χ3v) is 3.01. The molecule has 2 aliphatic rings. The Morgan fingerprint density at radius 3 is 1.60 bits per heavy atom. The molecule has 0 radical (unpaired) electrons. The molecule has 2 saturated heterocycles. The van der Waals surface area contributed by atoms with Crippen LogP contribution in [0.25, 0.3) is 0 Å². The maximum Gasteiger partial charge on any atom is 0.104 e. The normalized spacial score (nSPS) is 27.3. The summed E-state index contributed by atoms with van der Waals surface area (Å²) in [6.45, 7) is 9.32. The number of epoxide rings is 2. The van der Waals surface area contributed by atoms with Gasteiger partial charge in [-0.1, -0.05) is 0 Å². The molecule has 6 nitrogen and oxygen atoms in total. The van der Waals surface area contributed by atoms with Crippen molar-refractivity contribution in [1.29, 1.82) is 0 Å². The molecular weight excluding hydrogens is 264 g/mol. The van der Waals surface area contributed by atoms with Gasteiger partial charge in [0.1, 0.15) is 12.2 Å². The highest BCUT2D eigenvalue weighted by Gasteiger charge is 2.23. The van der Waals surface area contributed by atoms with Gasteiger partial charge in [-0.25, -0.2) is 0 Å². The predicted octanol–water partition coefficient (Wildman–Crippen LogP) is 0.627. The molecule has 0 N–H and O–H groups in total. The second-order valence-electron chi connectivity index (χ2n) is 5.35. The third kappa shape index (κ3) is 8.14. The van der Waals surface area contributed by atoms with Gasteiger partial charge in [-0.15, -0.1) is 0 Å². The van der Waals surface area contributed by atoms with Crippen molar-refractivity contribution >= 4 is 0 Å². The molecule has 2 aliphatic heterocycles. The van der Waals surface area contributed by atoms with E-state index in [-0.39, 0.29) is 12.2 Å². The molecule has 0 aromatic rings. The summed E-state index contributed by atoms with van der Waals surface area (Å²) in [6, 6.07) is 0. The van der Waals surface area contributed by atoms with Gasteiger partial charge in [-0.3, -0.25) is 0 Å². The zero-order valence-electron chi connectivity index (χ0n) is 12.4. The predicted molar refractivity (Wildman–Crippen MR) is 71.9 cm³/mol. The molecule has 0 amide bonds. The van der Waals surface area contributed by atoms with Crippen molar-refractivity contribution in [2.75, 3.05) is 52.9 Å². The van der Waals surface area contributed by atoms with Crippen molar-refractivity contribution in [1.82, 2.24) is 0 Å². The molecule has 6 heteroatoms. The summed E-state index contributed by atoms with van der Waals surface area (Å²) in [5, 5.41) is 0. The Hall–Kier alpha value is -0.240. The lowest BCUT2D eigenvalue weighted by Gasteiger charge is -2.16. The third-order valence-electron chi connectivity index (χ3n) is 3.01. The Kier molecular flexibility index (Phi) is 7.19. The van der Waals surface area contributed by atoms with E-state index in [9.17, 15) is 0 Å². The lowest BCUT2D eigenvalue weighted by atomic mass is 10.4. The highest BCUT2D eigenvalue weighted by Crippen LogP contribution is 2.09. The topological polar surface area (TPSA) is 62.0 Å². The van der Waals surface area contributed by atoms with Crippen molar-refractivity contribution < 1.29 is 28.4 Å². The van der Waals surface area contributed by atoms with Crippen molar-refractivity contribution in [2.24, 2.45) is 0 Å². The lowest BCUT2D eigenvalue weighted by Crippen LogP contribution is -2.23. The van der Waals surface area contributed by atoms with Crippen LogP contribution in [0.2, 0.25) is 0 Å². The van der Waals surface area contributed by atoms with Crippen LogP contribution in [0.3, 0.4) is 0 Å². The van der Waals surface area contributed by atoms with E-state index in [1.54, 1.807) is 0 Å². The Morgan fingerprint density at radius 1 is 0.850 bits per heavy atom. The fourth-order valence-electron chi connectivity index (χ4n) is 1.65. The van der Waals surface area contributed by atoms with E-state index in [4.69, 9.17) is 28.4 Å². The average molecular weight is 290 g/mol. The highest BCUT2D eigenvalue weighted by molar-refractivity contribution is 4.68. The first-order valence-electron chi connectivity index (χ1n) is 7.36. The molecule has 0 aliphatic carbocycles. The van der Waals surface area contributed by atoms with E-state index in [2.05, 4.69) is 0 Å². The number of hydrogen-bond donors (Lipinski definition) is 0. The molecule has 0 saturated carbocycles. The maximum atomic E-state index is 5.60. The molecule has 20 heavy (non-hydrogen) atoms. The zero-order chi connectivity index (χ0) is 14.2. The van der Waals surface area contributed by atoms with Crippen molar-refractivity contribution in [3.8, 4) is 0 Å². The molecule has 0 aromatic heterocycles. The molecule has 4 unspecified atom stereocenters. The standard InChI is InChI=1S/C14H26O6/c1-11(5-15-7-13-9-19-13)17-3-4-18-12(2)6-16-8-14-10-20-14/h11-14H,3-10H2,1-2H3. The summed E-state index contributed by atoms with van der Waals surface area (Å²) in [7, 11) is 0. The van der Waals surface area contributed by atoms with Crippen LogP contribution in [-0.4, -0.2) is 77.3 Å². The zero-order valence-corrected chi connectivity index (χ0v) is 12.4. The minimum Gasteiger partial charge on any atom is -0.376 e. The van der Waals surface area contributed by atoms with Crippen LogP contribution < -0.4 is 0 Å². The van der Waals surface area contributed by atoms with Crippen LogP contribution in [0, 0.1) is 0 Å². The van der Waals surface area contributed by atoms with Gasteiger partial charge in [0.05, 0.1) is 65.1 Å². The Balaban J connectivity index is 1.33. The van der Waals surface area contributed by atoms with Crippen LogP contribution in [0.1, 0.15) is 13.8 Å². The summed E-state index contributed by atoms with van der Waals surface area (Å²) < 4.78 is 32.2. The van der Waals surface area contributed by atoms with Gasteiger partial charge in [0.15, 0.2) is 0 Å². The van der Waals surface area contributed by atoms with E-state index in [0.717, 1.165) is 13.2 Å². The fourth-order valence-corrected chi connectivity index (χ4v) is 1.65. The molecular formula is C14H26O6. The summed E-state index contributed by atoms with van der Waals surface area (Å²) in [4.78, 5) is 0. The van der Waals surface area contributed by atoms with E-state index in [1.807, 2.05) is 13.8 Å². The maximum absolute atomic E-state index is 5.60. The van der Waals surface area contributed by atoms with Gasteiger partial charge in [-0.05, 0) is 13.8 Å². The van der Waals surface area contributed by atoms with Crippen molar-refractivity contribution in [3.63, 3.8) is 0 Å². The summed E-state index contributed by atoms with van der Waals surface area (Å²) in [5.74, 6) is 0. The van der Waals surface area contributed by atoms with Gasteiger partial charge in [0.25, 0.3) is 0 Å². The lowest BCUT2D eigenvalue weighted by molar-refractivity contribution is -0.0589. The van der Waals surface area contributed by atoms with Gasteiger partial charge >= 0.3 is 0 Å². The molecule has 2 rings (SSSR count). The molecule has 2 fully saturated rings. The van der Waals surface area contributed by atoms with Crippen molar-refractivity contribution in [2.45, 2.75) is 38.3 Å².